The average Bonchev–Trinajstić information content (AvgIpc) is 2.31. The van der Waals surface area contributed by atoms with Crippen molar-refractivity contribution in [2.75, 3.05) is 6.54 Å². The number of terminal acetylenes is 1. The van der Waals surface area contributed by atoms with Crippen molar-refractivity contribution in [2.45, 2.75) is 76.5 Å². The first-order valence-corrected chi connectivity index (χ1v) is 7.27. The van der Waals surface area contributed by atoms with E-state index in [1.165, 1.54) is 32.1 Å². The summed E-state index contributed by atoms with van der Waals surface area (Å²) in [5.41, 5.74) is 0. The Kier molecular flexibility index (Phi) is 4.48. The van der Waals surface area contributed by atoms with E-state index in [0.29, 0.717) is 6.04 Å². The Hall–Kier alpha value is -0.520. The molecule has 0 saturated carbocycles. The number of nitrogens with zero attached hydrogens (tertiary/aromatic N) is 1. The topological polar surface area (TPSA) is 15.3 Å². The number of rotatable bonds is 4. The molecule has 0 amide bonds. The van der Waals surface area contributed by atoms with Crippen molar-refractivity contribution in [1.82, 2.24) is 10.2 Å². The molecule has 0 aromatic carbocycles. The normalized spacial score (nSPS) is 35.2. The van der Waals surface area contributed by atoms with Crippen molar-refractivity contribution in [3.8, 4) is 12.3 Å². The van der Waals surface area contributed by atoms with Crippen molar-refractivity contribution >= 4 is 0 Å². The van der Waals surface area contributed by atoms with Gasteiger partial charge in [0.25, 0.3) is 0 Å². The second kappa shape index (κ2) is 5.89. The van der Waals surface area contributed by atoms with E-state index in [1.807, 2.05) is 0 Å². The lowest BCUT2D eigenvalue weighted by Gasteiger charge is -2.51. The molecular formula is C15H26N2. The van der Waals surface area contributed by atoms with Crippen molar-refractivity contribution in [1.29, 1.82) is 0 Å². The molecule has 0 aromatic rings. The zero-order chi connectivity index (χ0) is 12.3. The summed E-state index contributed by atoms with van der Waals surface area (Å²) in [6.45, 7) is 5.52. The lowest BCUT2D eigenvalue weighted by Crippen LogP contribution is -2.59. The molecule has 3 atom stereocenters. The monoisotopic (exact) mass is 234 g/mol. The third kappa shape index (κ3) is 2.67. The van der Waals surface area contributed by atoms with Crippen LogP contribution in [0.25, 0.3) is 0 Å². The summed E-state index contributed by atoms with van der Waals surface area (Å²) in [6.07, 6.45) is 13.5. The number of hydrogen-bond donors (Lipinski definition) is 1. The van der Waals surface area contributed by atoms with E-state index < -0.39 is 0 Å². The van der Waals surface area contributed by atoms with Gasteiger partial charge in [-0.3, -0.25) is 4.90 Å². The highest BCUT2D eigenvalue weighted by Crippen LogP contribution is 2.36. The molecular weight excluding hydrogens is 208 g/mol. The number of nitrogens with one attached hydrogen (secondary N) is 1. The fourth-order valence-corrected chi connectivity index (χ4v) is 3.80. The van der Waals surface area contributed by atoms with E-state index in [-0.39, 0.29) is 0 Å². The van der Waals surface area contributed by atoms with Gasteiger partial charge < -0.3 is 5.32 Å². The highest BCUT2D eigenvalue weighted by Gasteiger charge is 2.40. The van der Waals surface area contributed by atoms with Crippen molar-refractivity contribution < 1.29 is 0 Å². The molecule has 2 aliphatic rings. The molecule has 1 N–H and O–H groups in total. The predicted molar refractivity (Wildman–Crippen MR) is 72.9 cm³/mol. The van der Waals surface area contributed by atoms with Crippen LogP contribution in [-0.2, 0) is 0 Å². The SMILES string of the molecule is C#CC(CC)N1C2CCCC1CC(NCC)C2. The van der Waals surface area contributed by atoms with Crippen LogP contribution in [0.1, 0.15) is 52.4 Å². The Morgan fingerprint density at radius 2 is 1.94 bits per heavy atom. The molecule has 0 spiro atoms. The largest absolute Gasteiger partial charge is 0.314 e. The van der Waals surface area contributed by atoms with Crippen LogP contribution >= 0.6 is 0 Å². The van der Waals surface area contributed by atoms with Crippen molar-refractivity contribution in [3.63, 3.8) is 0 Å². The van der Waals surface area contributed by atoms with Crippen LogP contribution in [0.3, 0.4) is 0 Å². The third-order valence-corrected chi connectivity index (χ3v) is 4.46. The maximum absolute atomic E-state index is 5.70. The predicted octanol–water partition coefficient (Wildman–Crippen LogP) is 2.39. The average molecular weight is 234 g/mol. The summed E-state index contributed by atoms with van der Waals surface area (Å²) in [4.78, 5) is 2.66. The molecule has 2 aliphatic heterocycles. The standard InChI is InChI=1S/C15H26N2/c1-4-13(5-2)17-14-8-7-9-15(17)11-12(10-14)16-6-3/h1,12-16H,5-11H2,2-3H3. The van der Waals surface area contributed by atoms with Gasteiger partial charge in [0.2, 0.25) is 0 Å². The van der Waals surface area contributed by atoms with Crippen LogP contribution in [0.15, 0.2) is 0 Å². The smallest absolute Gasteiger partial charge is 0.0714 e. The van der Waals surface area contributed by atoms with Gasteiger partial charge in [0, 0.05) is 18.1 Å². The van der Waals surface area contributed by atoms with Gasteiger partial charge in [-0.1, -0.05) is 26.2 Å². The van der Waals surface area contributed by atoms with E-state index in [2.05, 4.69) is 30.0 Å². The van der Waals surface area contributed by atoms with Gasteiger partial charge in [0.05, 0.1) is 6.04 Å². The highest BCUT2D eigenvalue weighted by molar-refractivity contribution is 5.06. The molecule has 2 heteroatoms. The molecule has 2 fully saturated rings. The van der Waals surface area contributed by atoms with E-state index in [4.69, 9.17) is 6.42 Å². The van der Waals surface area contributed by atoms with Gasteiger partial charge in [-0.15, -0.1) is 6.42 Å². The van der Waals surface area contributed by atoms with Gasteiger partial charge in [0.1, 0.15) is 0 Å². The quantitative estimate of drug-likeness (QED) is 0.751. The summed E-state index contributed by atoms with van der Waals surface area (Å²) >= 11 is 0. The fraction of sp³-hybridized carbons (Fsp3) is 0.867. The molecule has 2 heterocycles. The van der Waals surface area contributed by atoms with Crippen LogP contribution in [0, 0.1) is 12.3 Å². The van der Waals surface area contributed by atoms with Gasteiger partial charge in [-0.25, -0.2) is 0 Å². The second-order valence-corrected chi connectivity index (χ2v) is 5.50. The van der Waals surface area contributed by atoms with Gasteiger partial charge >= 0.3 is 0 Å². The van der Waals surface area contributed by atoms with E-state index in [1.54, 1.807) is 0 Å². The zero-order valence-electron chi connectivity index (χ0n) is 11.3. The Bertz CT molecular complexity index is 267. The maximum Gasteiger partial charge on any atom is 0.0714 e. The molecule has 0 aliphatic carbocycles. The summed E-state index contributed by atoms with van der Waals surface area (Å²) in [5, 5.41) is 3.63. The lowest BCUT2D eigenvalue weighted by atomic mass is 9.80. The van der Waals surface area contributed by atoms with Crippen LogP contribution < -0.4 is 5.32 Å². The first-order valence-electron chi connectivity index (χ1n) is 7.27. The molecule has 2 nitrogen and oxygen atoms in total. The summed E-state index contributed by atoms with van der Waals surface area (Å²) in [7, 11) is 0. The summed E-state index contributed by atoms with van der Waals surface area (Å²) in [6, 6.07) is 2.55. The van der Waals surface area contributed by atoms with E-state index in [0.717, 1.165) is 31.1 Å². The number of fused-ring (bicyclic) bond motifs is 2. The lowest BCUT2D eigenvalue weighted by molar-refractivity contribution is 0.00539. The van der Waals surface area contributed by atoms with Crippen LogP contribution in [0.5, 0.6) is 0 Å². The summed E-state index contributed by atoms with van der Waals surface area (Å²) < 4.78 is 0. The Morgan fingerprint density at radius 3 is 2.41 bits per heavy atom. The minimum atomic E-state index is 0.368. The molecule has 2 bridgehead atoms. The van der Waals surface area contributed by atoms with Crippen molar-refractivity contribution in [3.05, 3.63) is 0 Å². The van der Waals surface area contributed by atoms with Crippen molar-refractivity contribution in [2.24, 2.45) is 0 Å². The molecule has 17 heavy (non-hydrogen) atoms. The first kappa shape index (κ1) is 12.9. The molecule has 0 aromatic heterocycles. The van der Waals surface area contributed by atoms with Crippen LogP contribution in [0.2, 0.25) is 0 Å². The molecule has 3 unspecified atom stereocenters. The molecule has 2 saturated heterocycles. The van der Waals surface area contributed by atoms with E-state index >= 15 is 0 Å². The minimum absolute atomic E-state index is 0.368. The first-order chi connectivity index (χ1) is 8.30. The fourth-order valence-electron chi connectivity index (χ4n) is 3.80. The van der Waals surface area contributed by atoms with Crippen LogP contribution in [0.4, 0.5) is 0 Å². The van der Waals surface area contributed by atoms with Gasteiger partial charge in [0.15, 0.2) is 0 Å². The molecule has 2 rings (SSSR count). The van der Waals surface area contributed by atoms with Gasteiger partial charge in [-0.05, 0) is 38.6 Å². The number of hydrogen-bond acceptors (Lipinski definition) is 2. The maximum atomic E-state index is 5.70. The highest BCUT2D eigenvalue weighted by atomic mass is 15.2. The minimum Gasteiger partial charge on any atom is -0.314 e. The summed E-state index contributed by atoms with van der Waals surface area (Å²) in [5.74, 6) is 3.00. The molecule has 0 radical (unpaired) electrons. The third-order valence-electron chi connectivity index (χ3n) is 4.46. The Morgan fingerprint density at radius 1 is 1.29 bits per heavy atom. The van der Waals surface area contributed by atoms with Gasteiger partial charge in [-0.2, -0.15) is 0 Å². The zero-order valence-corrected chi connectivity index (χ0v) is 11.3. The second-order valence-electron chi connectivity index (χ2n) is 5.50. The van der Waals surface area contributed by atoms with E-state index in [9.17, 15) is 0 Å². The Labute approximate surface area is 106 Å². The van der Waals surface area contributed by atoms with Crippen LogP contribution in [-0.4, -0.2) is 35.6 Å². The number of piperidine rings is 2. The Balaban J connectivity index is 2.07. The molecule has 96 valence electrons.